The van der Waals surface area contributed by atoms with Crippen LogP contribution in [0, 0.1) is 13.8 Å². The first-order valence-corrected chi connectivity index (χ1v) is 9.09. The van der Waals surface area contributed by atoms with Gasteiger partial charge in [0.15, 0.2) is 0 Å². The number of hydrogen-bond donors (Lipinski definition) is 1. The van der Waals surface area contributed by atoms with Crippen LogP contribution in [0.3, 0.4) is 0 Å². The van der Waals surface area contributed by atoms with Crippen molar-refractivity contribution < 1.29 is 8.42 Å². The predicted molar refractivity (Wildman–Crippen MR) is 94.5 cm³/mol. The molecule has 24 heavy (non-hydrogen) atoms. The molecule has 0 saturated carbocycles. The molecule has 3 rings (SSSR count). The van der Waals surface area contributed by atoms with E-state index < -0.39 is 10.0 Å². The van der Waals surface area contributed by atoms with Gasteiger partial charge >= 0.3 is 0 Å². The normalized spacial score (nSPS) is 11.4. The van der Waals surface area contributed by atoms with Crippen molar-refractivity contribution >= 4 is 15.7 Å². The van der Waals surface area contributed by atoms with Gasteiger partial charge < -0.3 is 0 Å². The quantitative estimate of drug-likeness (QED) is 0.774. The lowest BCUT2D eigenvalue weighted by atomic mass is 10.2. The number of para-hydroxylation sites is 1. The Hall–Kier alpha value is -2.60. The summed E-state index contributed by atoms with van der Waals surface area (Å²) in [6, 6.07) is 14.6. The minimum Gasteiger partial charge on any atom is -0.279 e. The molecule has 0 aliphatic carbocycles. The molecule has 5 nitrogen and oxygen atoms in total. The van der Waals surface area contributed by atoms with E-state index in [-0.39, 0.29) is 0 Å². The van der Waals surface area contributed by atoms with E-state index >= 15 is 0 Å². The van der Waals surface area contributed by atoms with E-state index in [4.69, 9.17) is 0 Å². The highest BCUT2D eigenvalue weighted by Gasteiger charge is 2.18. The number of anilines is 1. The summed E-state index contributed by atoms with van der Waals surface area (Å²) in [5, 5.41) is 4.17. The highest BCUT2D eigenvalue weighted by atomic mass is 32.2. The number of sulfonamides is 1. The van der Waals surface area contributed by atoms with Gasteiger partial charge in [-0.15, -0.1) is 0 Å². The second-order valence-corrected chi connectivity index (χ2v) is 7.39. The van der Waals surface area contributed by atoms with Crippen molar-refractivity contribution in [3.8, 4) is 0 Å². The molecule has 3 aromatic rings. The van der Waals surface area contributed by atoms with Crippen LogP contribution in [0.2, 0.25) is 0 Å². The molecule has 1 N–H and O–H groups in total. The predicted octanol–water partition coefficient (Wildman–Crippen LogP) is 3.35. The first-order valence-electron chi connectivity index (χ1n) is 7.61. The molecule has 1 aromatic heterocycles. The number of benzene rings is 2. The average Bonchev–Trinajstić information content (AvgIpc) is 3.04. The molecule has 124 valence electrons. The number of nitrogens with zero attached hydrogens (tertiary/aromatic N) is 2. The first-order chi connectivity index (χ1) is 11.5. The molecule has 0 atom stereocenters. The van der Waals surface area contributed by atoms with Crippen molar-refractivity contribution in [1.82, 2.24) is 9.78 Å². The van der Waals surface area contributed by atoms with Crippen molar-refractivity contribution in [2.24, 2.45) is 0 Å². The van der Waals surface area contributed by atoms with Crippen LogP contribution in [-0.2, 0) is 16.6 Å². The van der Waals surface area contributed by atoms with Crippen LogP contribution in [-0.4, -0.2) is 18.2 Å². The van der Waals surface area contributed by atoms with Crippen LogP contribution in [0.5, 0.6) is 0 Å². The SMILES string of the molecule is Cc1ccc(C)c(S(=O)(=O)Nc2ccccc2Cn2cccn2)c1. The second kappa shape index (κ2) is 6.49. The molecule has 0 aliphatic heterocycles. The van der Waals surface area contributed by atoms with Gasteiger partial charge in [0.2, 0.25) is 0 Å². The lowest BCUT2D eigenvalue weighted by Crippen LogP contribution is -2.16. The monoisotopic (exact) mass is 341 g/mol. The first kappa shape index (κ1) is 16.3. The summed E-state index contributed by atoms with van der Waals surface area (Å²) in [6.07, 6.45) is 3.54. The average molecular weight is 341 g/mol. The molecule has 0 radical (unpaired) electrons. The molecule has 2 aromatic carbocycles. The molecule has 1 heterocycles. The fraction of sp³-hybridized carbons (Fsp3) is 0.167. The minimum atomic E-state index is -3.65. The summed E-state index contributed by atoms with van der Waals surface area (Å²) in [5.74, 6) is 0. The number of aromatic nitrogens is 2. The molecule has 0 fully saturated rings. The summed E-state index contributed by atoms with van der Waals surface area (Å²) in [4.78, 5) is 0.302. The van der Waals surface area contributed by atoms with E-state index in [2.05, 4.69) is 9.82 Å². The van der Waals surface area contributed by atoms with Crippen molar-refractivity contribution in [3.63, 3.8) is 0 Å². The van der Waals surface area contributed by atoms with Crippen LogP contribution in [0.25, 0.3) is 0 Å². The number of rotatable bonds is 5. The van der Waals surface area contributed by atoms with Crippen LogP contribution < -0.4 is 4.72 Å². The van der Waals surface area contributed by atoms with E-state index in [9.17, 15) is 8.42 Å². The number of nitrogens with one attached hydrogen (secondary N) is 1. The molecular formula is C18H19N3O2S. The Morgan fingerprint density at radius 3 is 2.62 bits per heavy atom. The van der Waals surface area contributed by atoms with E-state index in [0.29, 0.717) is 17.1 Å². The van der Waals surface area contributed by atoms with Crippen LogP contribution in [0.1, 0.15) is 16.7 Å². The van der Waals surface area contributed by atoms with Crippen molar-refractivity contribution in [3.05, 3.63) is 77.6 Å². The summed E-state index contributed by atoms with van der Waals surface area (Å²) in [7, 11) is -3.65. The summed E-state index contributed by atoms with van der Waals surface area (Å²) >= 11 is 0. The Labute approximate surface area is 142 Å². The van der Waals surface area contributed by atoms with Crippen LogP contribution >= 0.6 is 0 Å². The maximum Gasteiger partial charge on any atom is 0.262 e. The van der Waals surface area contributed by atoms with Gasteiger partial charge in [-0.25, -0.2) is 8.42 Å². The van der Waals surface area contributed by atoms with Crippen LogP contribution in [0.4, 0.5) is 5.69 Å². The fourth-order valence-electron chi connectivity index (χ4n) is 2.52. The van der Waals surface area contributed by atoms with Crippen LogP contribution in [0.15, 0.2) is 65.8 Å². The second-order valence-electron chi connectivity index (χ2n) is 5.74. The van der Waals surface area contributed by atoms with E-state index in [1.807, 2.05) is 49.5 Å². The van der Waals surface area contributed by atoms with Gasteiger partial charge in [0.25, 0.3) is 10.0 Å². The topological polar surface area (TPSA) is 64.0 Å². The molecule has 0 saturated heterocycles. The molecule has 0 aliphatic rings. The summed E-state index contributed by atoms with van der Waals surface area (Å²) in [5.41, 5.74) is 3.05. The van der Waals surface area contributed by atoms with Gasteiger partial charge in [0, 0.05) is 12.4 Å². The number of aryl methyl sites for hydroxylation is 2. The Morgan fingerprint density at radius 1 is 1.08 bits per heavy atom. The van der Waals surface area contributed by atoms with E-state index in [0.717, 1.165) is 16.7 Å². The zero-order valence-electron chi connectivity index (χ0n) is 13.6. The summed E-state index contributed by atoms with van der Waals surface area (Å²) in [6.45, 7) is 4.17. The maximum atomic E-state index is 12.8. The largest absolute Gasteiger partial charge is 0.279 e. The fourth-order valence-corrected chi connectivity index (χ4v) is 3.95. The Morgan fingerprint density at radius 2 is 1.88 bits per heavy atom. The molecular weight excluding hydrogens is 322 g/mol. The molecule has 0 unspecified atom stereocenters. The Balaban J connectivity index is 1.94. The van der Waals surface area contributed by atoms with Crippen molar-refractivity contribution in [2.75, 3.05) is 4.72 Å². The zero-order valence-corrected chi connectivity index (χ0v) is 14.4. The van der Waals surface area contributed by atoms with Gasteiger partial charge in [0.1, 0.15) is 0 Å². The minimum absolute atomic E-state index is 0.302. The van der Waals surface area contributed by atoms with Gasteiger partial charge in [-0.3, -0.25) is 9.40 Å². The molecule has 0 spiro atoms. The highest BCUT2D eigenvalue weighted by Crippen LogP contribution is 2.23. The highest BCUT2D eigenvalue weighted by molar-refractivity contribution is 7.92. The van der Waals surface area contributed by atoms with E-state index in [1.165, 1.54) is 0 Å². The van der Waals surface area contributed by atoms with Gasteiger partial charge in [-0.05, 0) is 48.7 Å². The third kappa shape index (κ3) is 3.49. The third-order valence-corrected chi connectivity index (χ3v) is 5.29. The lowest BCUT2D eigenvalue weighted by Gasteiger charge is -2.14. The van der Waals surface area contributed by atoms with Gasteiger partial charge in [-0.1, -0.05) is 30.3 Å². The Bertz CT molecular complexity index is 948. The standard InChI is InChI=1S/C18H19N3O2S/c1-14-8-9-15(2)18(12-14)24(22,23)20-17-7-4-3-6-16(17)13-21-11-5-10-19-21/h3-12,20H,13H2,1-2H3. The molecule has 6 heteroatoms. The van der Waals surface area contributed by atoms with Gasteiger partial charge in [-0.2, -0.15) is 5.10 Å². The van der Waals surface area contributed by atoms with Crippen molar-refractivity contribution in [1.29, 1.82) is 0 Å². The van der Waals surface area contributed by atoms with Crippen molar-refractivity contribution in [2.45, 2.75) is 25.3 Å². The molecule has 0 bridgehead atoms. The lowest BCUT2D eigenvalue weighted by molar-refractivity contribution is 0.600. The number of hydrogen-bond acceptors (Lipinski definition) is 3. The maximum absolute atomic E-state index is 12.8. The summed E-state index contributed by atoms with van der Waals surface area (Å²) < 4.78 is 30.1. The smallest absolute Gasteiger partial charge is 0.262 e. The zero-order chi connectivity index (χ0) is 17.2. The Kier molecular flexibility index (Phi) is 4.40. The van der Waals surface area contributed by atoms with Gasteiger partial charge in [0.05, 0.1) is 17.1 Å². The van der Waals surface area contributed by atoms with E-state index in [1.54, 1.807) is 29.9 Å². The molecule has 0 amide bonds. The third-order valence-electron chi connectivity index (χ3n) is 3.79.